The highest BCUT2D eigenvalue weighted by Gasteiger charge is 2.16. The molecule has 1 unspecified atom stereocenters. The van der Waals surface area contributed by atoms with E-state index in [-0.39, 0.29) is 0 Å². The maximum Gasteiger partial charge on any atom is 0.142 e. The van der Waals surface area contributed by atoms with E-state index in [9.17, 15) is 0 Å². The third kappa shape index (κ3) is 2.93. The number of hydrogen-bond donors (Lipinski definition) is 1. The van der Waals surface area contributed by atoms with Gasteiger partial charge in [0.15, 0.2) is 0 Å². The van der Waals surface area contributed by atoms with Crippen molar-refractivity contribution in [1.82, 2.24) is 10.3 Å². The van der Waals surface area contributed by atoms with Crippen molar-refractivity contribution < 1.29 is 9.47 Å². The molecule has 1 atom stereocenters. The van der Waals surface area contributed by atoms with E-state index >= 15 is 0 Å². The summed E-state index contributed by atoms with van der Waals surface area (Å²) < 4.78 is 11.1. The summed E-state index contributed by atoms with van der Waals surface area (Å²) in [5.74, 6) is 1.41. The molecule has 0 amide bonds. The topological polar surface area (TPSA) is 43.4 Å². The smallest absolute Gasteiger partial charge is 0.142 e. The third-order valence-electron chi connectivity index (χ3n) is 2.74. The SMILES string of the molecule is CNCc1ccncc1OCC1CCOC1. The van der Waals surface area contributed by atoms with E-state index < -0.39 is 0 Å². The summed E-state index contributed by atoms with van der Waals surface area (Å²) in [5.41, 5.74) is 1.15. The summed E-state index contributed by atoms with van der Waals surface area (Å²) in [7, 11) is 1.93. The molecule has 2 rings (SSSR count). The number of aromatic nitrogens is 1. The molecule has 1 fully saturated rings. The molecule has 0 aromatic carbocycles. The second-order valence-corrected chi connectivity index (χ2v) is 4.05. The Bertz CT molecular complexity index is 325. The number of hydrogen-bond acceptors (Lipinski definition) is 4. The molecule has 88 valence electrons. The predicted octanol–water partition coefficient (Wildman–Crippen LogP) is 1.22. The molecule has 1 aromatic rings. The molecule has 0 aliphatic carbocycles. The van der Waals surface area contributed by atoms with E-state index in [0.29, 0.717) is 5.92 Å². The number of rotatable bonds is 5. The Morgan fingerprint density at radius 3 is 3.31 bits per heavy atom. The van der Waals surface area contributed by atoms with Crippen molar-refractivity contribution >= 4 is 0 Å². The molecule has 1 aliphatic heterocycles. The highest BCUT2D eigenvalue weighted by atomic mass is 16.5. The molecule has 16 heavy (non-hydrogen) atoms. The Morgan fingerprint density at radius 1 is 1.62 bits per heavy atom. The maximum atomic E-state index is 5.79. The van der Waals surface area contributed by atoms with Crippen molar-refractivity contribution in [2.75, 3.05) is 26.9 Å². The van der Waals surface area contributed by atoms with Crippen LogP contribution in [0.3, 0.4) is 0 Å². The minimum absolute atomic E-state index is 0.530. The van der Waals surface area contributed by atoms with Crippen LogP contribution in [0.5, 0.6) is 5.75 Å². The summed E-state index contributed by atoms with van der Waals surface area (Å²) in [4.78, 5) is 4.09. The van der Waals surface area contributed by atoms with Gasteiger partial charge in [0.2, 0.25) is 0 Å². The van der Waals surface area contributed by atoms with Gasteiger partial charge in [-0.15, -0.1) is 0 Å². The summed E-state index contributed by atoms with van der Waals surface area (Å²) in [6.45, 7) is 3.22. The van der Waals surface area contributed by atoms with E-state index in [1.807, 2.05) is 13.1 Å². The maximum absolute atomic E-state index is 5.79. The van der Waals surface area contributed by atoms with Gasteiger partial charge in [0.05, 0.1) is 19.4 Å². The highest BCUT2D eigenvalue weighted by molar-refractivity contribution is 5.29. The van der Waals surface area contributed by atoms with Crippen LogP contribution in [0.25, 0.3) is 0 Å². The van der Waals surface area contributed by atoms with Crippen LogP contribution in [-0.2, 0) is 11.3 Å². The zero-order valence-electron chi connectivity index (χ0n) is 9.61. The van der Waals surface area contributed by atoms with Gasteiger partial charge in [0, 0.05) is 30.8 Å². The molecule has 4 heteroatoms. The van der Waals surface area contributed by atoms with Crippen molar-refractivity contribution in [1.29, 1.82) is 0 Å². The van der Waals surface area contributed by atoms with Gasteiger partial charge >= 0.3 is 0 Å². The van der Waals surface area contributed by atoms with Crippen molar-refractivity contribution in [3.63, 3.8) is 0 Å². The fraction of sp³-hybridized carbons (Fsp3) is 0.583. The number of nitrogens with one attached hydrogen (secondary N) is 1. The lowest BCUT2D eigenvalue weighted by Crippen LogP contribution is -2.14. The first kappa shape index (κ1) is 11.4. The average Bonchev–Trinajstić information content (AvgIpc) is 2.81. The minimum Gasteiger partial charge on any atom is -0.491 e. The fourth-order valence-corrected chi connectivity index (χ4v) is 1.80. The van der Waals surface area contributed by atoms with E-state index in [2.05, 4.69) is 10.3 Å². The molecule has 1 N–H and O–H groups in total. The van der Waals surface area contributed by atoms with Crippen LogP contribution in [0.1, 0.15) is 12.0 Å². The Labute approximate surface area is 96.0 Å². The molecular formula is C12H18N2O2. The normalized spacial score (nSPS) is 19.9. The Kier molecular flexibility index (Phi) is 4.13. The second-order valence-electron chi connectivity index (χ2n) is 4.05. The van der Waals surface area contributed by atoms with E-state index in [0.717, 1.165) is 44.1 Å². The predicted molar refractivity (Wildman–Crippen MR) is 61.4 cm³/mol. The van der Waals surface area contributed by atoms with E-state index in [1.165, 1.54) is 0 Å². The first-order valence-electron chi connectivity index (χ1n) is 5.68. The lowest BCUT2D eigenvalue weighted by Gasteiger charge is -2.13. The molecule has 4 nitrogen and oxygen atoms in total. The average molecular weight is 222 g/mol. The zero-order chi connectivity index (χ0) is 11.2. The molecule has 0 bridgehead atoms. The van der Waals surface area contributed by atoms with Gasteiger partial charge in [-0.05, 0) is 19.5 Å². The van der Waals surface area contributed by atoms with Gasteiger partial charge in [-0.25, -0.2) is 0 Å². The van der Waals surface area contributed by atoms with Crippen molar-refractivity contribution in [3.05, 3.63) is 24.0 Å². The Morgan fingerprint density at radius 2 is 2.56 bits per heavy atom. The quantitative estimate of drug-likeness (QED) is 0.813. The fourth-order valence-electron chi connectivity index (χ4n) is 1.80. The molecule has 1 aliphatic rings. The van der Waals surface area contributed by atoms with E-state index in [1.54, 1.807) is 12.4 Å². The third-order valence-corrected chi connectivity index (χ3v) is 2.74. The van der Waals surface area contributed by atoms with Crippen LogP contribution >= 0.6 is 0 Å². The van der Waals surface area contributed by atoms with Gasteiger partial charge < -0.3 is 14.8 Å². The summed E-state index contributed by atoms with van der Waals surface area (Å²) in [6, 6.07) is 1.98. The lowest BCUT2D eigenvalue weighted by atomic mass is 10.1. The van der Waals surface area contributed by atoms with Gasteiger partial charge in [-0.2, -0.15) is 0 Å². The van der Waals surface area contributed by atoms with Crippen LogP contribution in [0, 0.1) is 5.92 Å². The summed E-state index contributed by atoms with van der Waals surface area (Å²) in [5, 5.41) is 3.12. The molecule has 1 saturated heterocycles. The van der Waals surface area contributed by atoms with Crippen molar-refractivity contribution in [2.24, 2.45) is 5.92 Å². The van der Waals surface area contributed by atoms with Crippen molar-refractivity contribution in [2.45, 2.75) is 13.0 Å². The van der Waals surface area contributed by atoms with Crippen LogP contribution in [0.15, 0.2) is 18.5 Å². The first-order chi connectivity index (χ1) is 7.90. The first-order valence-corrected chi connectivity index (χ1v) is 5.68. The summed E-state index contributed by atoms with van der Waals surface area (Å²) >= 11 is 0. The standard InChI is InChI=1S/C12H18N2O2/c1-13-6-11-2-4-14-7-12(11)16-9-10-3-5-15-8-10/h2,4,7,10,13H,3,5-6,8-9H2,1H3. The monoisotopic (exact) mass is 222 g/mol. The molecule has 0 spiro atoms. The van der Waals surface area contributed by atoms with E-state index in [4.69, 9.17) is 9.47 Å². The molecule has 0 radical (unpaired) electrons. The van der Waals surface area contributed by atoms with Crippen molar-refractivity contribution in [3.8, 4) is 5.75 Å². The minimum atomic E-state index is 0.530. The van der Waals surface area contributed by atoms with Crippen LogP contribution in [0.2, 0.25) is 0 Å². The lowest BCUT2D eigenvalue weighted by molar-refractivity contribution is 0.166. The molecule has 0 saturated carbocycles. The van der Waals surface area contributed by atoms with Crippen LogP contribution in [0.4, 0.5) is 0 Å². The molecular weight excluding hydrogens is 204 g/mol. The van der Waals surface area contributed by atoms with Gasteiger partial charge in [0.25, 0.3) is 0 Å². The largest absolute Gasteiger partial charge is 0.491 e. The second kappa shape index (κ2) is 5.82. The number of ether oxygens (including phenoxy) is 2. The molecule has 2 heterocycles. The number of nitrogens with zero attached hydrogens (tertiary/aromatic N) is 1. The van der Waals surface area contributed by atoms with Crippen LogP contribution in [-0.4, -0.2) is 31.9 Å². The number of pyridine rings is 1. The Balaban J connectivity index is 1.91. The van der Waals surface area contributed by atoms with Gasteiger partial charge in [-0.3, -0.25) is 4.98 Å². The highest BCUT2D eigenvalue weighted by Crippen LogP contribution is 2.19. The Hall–Kier alpha value is -1.13. The van der Waals surface area contributed by atoms with Gasteiger partial charge in [-0.1, -0.05) is 0 Å². The zero-order valence-corrected chi connectivity index (χ0v) is 9.61. The molecule has 1 aromatic heterocycles. The van der Waals surface area contributed by atoms with Crippen LogP contribution < -0.4 is 10.1 Å². The summed E-state index contributed by atoms with van der Waals surface area (Å²) in [6.07, 6.45) is 4.67. The van der Waals surface area contributed by atoms with Gasteiger partial charge in [0.1, 0.15) is 5.75 Å².